The second-order valence-corrected chi connectivity index (χ2v) is 8.72. The number of carbonyl (C=O) groups excluding carboxylic acids is 1. The number of aromatic nitrogens is 4. The molecule has 10 heteroatoms. The smallest absolute Gasteiger partial charge is 0.248 e. The molecule has 1 saturated heterocycles. The largest absolute Gasteiger partial charge is 0.324 e. The maximum absolute atomic E-state index is 12.4. The zero-order valence-electron chi connectivity index (χ0n) is 15.6. The van der Waals surface area contributed by atoms with Gasteiger partial charge in [0, 0.05) is 17.8 Å². The van der Waals surface area contributed by atoms with Crippen LogP contribution < -0.4 is 9.62 Å². The van der Waals surface area contributed by atoms with Gasteiger partial charge in [-0.2, -0.15) is 4.80 Å². The van der Waals surface area contributed by atoms with Gasteiger partial charge in [-0.15, -0.1) is 10.2 Å². The summed E-state index contributed by atoms with van der Waals surface area (Å²) in [5.41, 5.74) is 1.87. The van der Waals surface area contributed by atoms with E-state index in [9.17, 15) is 13.2 Å². The Morgan fingerprint density at radius 3 is 2.69 bits per heavy atom. The third-order valence-electron chi connectivity index (χ3n) is 4.54. The molecule has 0 saturated carbocycles. The summed E-state index contributed by atoms with van der Waals surface area (Å²) < 4.78 is 26.0. The van der Waals surface area contributed by atoms with Crippen molar-refractivity contribution in [2.75, 3.05) is 21.9 Å². The quantitative estimate of drug-likeness (QED) is 0.685. The van der Waals surface area contributed by atoms with Crippen molar-refractivity contribution in [3.63, 3.8) is 0 Å². The molecule has 0 bridgehead atoms. The van der Waals surface area contributed by atoms with Gasteiger partial charge < -0.3 is 5.32 Å². The van der Waals surface area contributed by atoms with Crippen LogP contribution in [0.3, 0.4) is 0 Å². The van der Waals surface area contributed by atoms with E-state index in [-0.39, 0.29) is 18.2 Å². The summed E-state index contributed by atoms with van der Waals surface area (Å²) >= 11 is 0. The van der Waals surface area contributed by atoms with Crippen LogP contribution in [0.15, 0.2) is 54.6 Å². The molecule has 1 aromatic heterocycles. The van der Waals surface area contributed by atoms with E-state index in [0.717, 1.165) is 12.0 Å². The van der Waals surface area contributed by atoms with Gasteiger partial charge in [-0.1, -0.05) is 36.4 Å². The van der Waals surface area contributed by atoms with Crippen LogP contribution in [0.4, 0.5) is 11.4 Å². The molecule has 0 unspecified atom stereocenters. The number of tetrazole rings is 1. The number of hydrogen-bond acceptors (Lipinski definition) is 6. The lowest BCUT2D eigenvalue weighted by molar-refractivity contribution is -0.117. The number of sulfonamides is 1. The molecule has 150 valence electrons. The highest BCUT2D eigenvalue weighted by molar-refractivity contribution is 7.92. The van der Waals surface area contributed by atoms with Gasteiger partial charge in [0.05, 0.1) is 11.4 Å². The summed E-state index contributed by atoms with van der Waals surface area (Å²) in [4.78, 5) is 13.6. The summed E-state index contributed by atoms with van der Waals surface area (Å²) in [7, 11) is -3.31. The number of rotatable bonds is 5. The lowest BCUT2D eigenvalue weighted by atomic mass is 10.2. The van der Waals surface area contributed by atoms with E-state index in [1.807, 2.05) is 30.3 Å². The van der Waals surface area contributed by atoms with Crippen molar-refractivity contribution < 1.29 is 13.2 Å². The third kappa shape index (κ3) is 4.43. The number of benzene rings is 2. The highest BCUT2D eigenvalue weighted by Gasteiger charge is 2.26. The van der Waals surface area contributed by atoms with Gasteiger partial charge in [0.1, 0.15) is 6.54 Å². The minimum atomic E-state index is -3.31. The highest BCUT2D eigenvalue weighted by Crippen LogP contribution is 2.26. The molecule has 1 fully saturated rings. The number of nitrogens with one attached hydrogen (secondary N) is 1. The molecule has 9 nitrogen and oxygen atoms in total. The van der Waals surface area contributed by atoms with E-state index >= 15 is 0 Å². The van der Waals surface area contributed by atoms with Crippen LogP contribution in [0.2, 0.25) is 0 Å². The topological polar surface area (TPSA) is 110 Å². The van der Waals surface area contributed by atoms with Crippen molar-refractivity contribution in [2.45, 2.75) is 19.4 Å². The minimum Gasteiger partial charge on any atom is -0.324 e. The second-order valence-electron chi connectivity index (χ2n) is 6.70. The molecule has 1 aliphatic rings. The Morgan fingerprint density at radius 1 is 1.07 bits per heavy atom. The molecule has 2 heterocycles. The SMILES string of the molecule is O=C(Cn1nnc(-c2ccccc2)n1)Nc1cccc(N2CCCCS2(=O)=O)c1. The van der Waals surface area contributed by atoms with Crippen LogP contribution >= 0.6 is 0 Å². The zero-order valence-corrected chi connectivity index (χ0v) is 16.4. The fourth-order valence-electron chi connectivity index (χ4n) is 3.16. The molecule has 2 aromatic carbocycles. The average molecular weight is 412 g/mol. The van der Waals surface area contributed by atoms with Gasteiger partial charge in [0.2, 0.25) is 21.8 Å². The van der Waals surface area contributed by atoms with Crippen molar-refractivity contribution in [3.05, 3.63) is 54.6 Å². The fraction of sp³-hybridized carbons (Fsp3) is 0.263. The monoisotopic (exact) mass is 412 g/mol. The molecule has 1 aliphatic heterocycles. The maximum Gasteiger partial charge on any atom is 0.248 e. The molecule has 29 heavy (non-hydrogen) atoms. The van der Waals surface area contributed by atoms with E-state index in [4.69, 9.17) is 0 Å². The Morgan fingerprint density at radius 2 is 1.90 bits per heavy atom. The van der Waals surface area contributed by atoms with E-state index < -0.39 is 10.0 Å². The first-order valence-corrected chi connectivity index (χ1v) is 10.9. The molecule has 0 atom stereocenters. The van der Waals surface area contributed by atoms with Crippen molar-refractivity contribution in [2.24, 2.45) is 0 Å². The summed E-state index contributed by atoms with van der Waals surface area (Å²) in [5.74, 6) is 0.252. The number of anilines is 2. The van der Waals surface area contributed by atoms with Crippen LogP contribution in [-0.4, -0.2) is 46.8 Å². The van der Waals surface area contributed by atoms with Crippen LogP contribution in [-0.2, 0) is 21.4 Å². The predicted octanol–water partition coefficient (Wildman–Crippen LogP) is 1.91. The Hall–Kier alpha value is -3.27. The Balaban J connectivity index is 1.43. The first-order chi connectivity index (χ1) is 14.0. The van der Waals surface area contributed by atoms with E-state index in [2.05, 4.69) is 20.7 Å². The molecular weight excluding hydrogens is 392 g/mol. The molecular formula is C19H20N6O3S. The summed E-state index contributed by atoms with van der Waals surface area (Å²) in [6.45, 7) is 0.344. The first kappa shape index (κ1) is 19.1. The van der Waals surface area contributed by atoms with Crippen LogP contribution in [0.5, 0.6) is 0 Å². The predicted molar refractivity (Wildman–Crippen MR) is 109 cm³/mol. The van der Waals surface area contributed by atoms with Gasteiger partial charge in [0.25, 0.3) is 0 Å². The maximum atomic E-state index is 12.4. The van der Waals surface area contributed by atoms with E-state index in [0.29, 0.717) is 30.2 Å². The number of carbonyl (C=O) groups is 1. The van der Waals surface area contributed by atoms with Gasteiger partial charge >= 0.3 is 0 Å². The van der Waals surface area contributed by atoms with Crippen LogP contribution in [0.1, 0.15) is 12.8 Å². The van der Waals surface area contributed by atoms with Crippen molar-refractivity contribution in [1.82, 2.24) is 20.2 Å². The van der Waals surface area contributed by atoms with Gasteiger partial charge in [-0.05, 0) is 36.3 Å². The Labute approximate surface area is 168 Å². The lowest BCUT2D eigenvalue weighted by Gasteiger charge is -2.28. The number of hydrogen-bond donors (Lipinski definition) is 1. The van der Waals surface area contributed by atoms with Crippen molar-refractivity contribution in [3.8, 4) is 11.4 Å². The van der Waals surface area contributed by atoms with E-state index in [1.165, 1.54) is 9.10 Å². The zero-order chi connectivity index (χ0) is 20.3. The van der Waals surface area contributed by atoms with Crippen molar-refractivity contribution in [1.29, 1.82) is 0 Å². The van der Waals surface area contributed by atoms with Gasteiger partial charge in [-0.25, -0.2) is 8.42 Å². The van der Waals surface area contributed by atoms with E-state index in [1.54, 1.807) is 24.3 Å². The minimum absolute atomic E-state index is 0.105. The van der Waals surface area contributed by atoms with Gasteiger partial charge in [0.15, 0.2) is 0 Å². The Bertz CT molecular complexity index is 1110. The molecule has 0 radical (unpaired) electrons. The van der Waals surface area contributed by atoms with Crippen LogP contribution in [0, 0.1) is 0 Å². The van der Waals surface area contributed by atoms with Crippen LogP contribution in [0.25, 0.3) is 11.4 Å². The highest BCUT2D eigenvalue weighted by atomic mass is 32.2. The number of amides is 1. The van der Waals surface area contributed by atoms with Gasteiger partial charge in [-0.3, -0.25) is 9.10 Å². The third-order valence-corrected chi connectivity index (χ3v) is 6.41. The molecule has 4 rings (SSSR count). The summed E-state index contributed by atoms with van der Waals surface area (Å²) in [6.07, 6.45) is 1.49. The molecule has 3 aromatic rings. The molecule has 0 spiro atoms. The standard InChI is InChI=1S/C19H20N6O3S/c26-18(14-25-22-19(21-23-25)15-7-2-1-3-8-15)20-16-9-6-10-17(13-16)24-11-4-5-12-29(24,27)28/h1-3,6-10,13H,4-5,11-12,14H2,(H,20,26). The molecule has 1 N–H and O–H groups in total. The number of nitrogens with zero attached hydrogens (tertiary/aromatic N) is 5. The van der Waals surface area contributed by atoms with Crippen molar-refractivity contribution >= 4 is 27.3 Å². The fourth-order valence-corrected chi connectivity index (χ4v) is 4.79. The average Bonchev–Trinajstić information content (AvgIpc) is 3.17. The molecule has 0 aliphatic carbocycles. The lowest BCUT2D eigenvalue weighted by Crippen LogP contribution is -2.37. The second kappa shape index (κ2) is 8.00. The Kier molecular flexibility index (Phi) is 5.26. The first-order valence-electron chi connectivity index (χ1n) is 9.25. The summed E-state index contributed by atoms with van der Waals surface area (Å²) in [6, 6.07) is 16.2. The summed E-state index contributed by atoms with van der Waals surface area (Å²) in [5, 5.41) is 14.9. The normalized spacial score (nSPS) is 15.8. The molecule has 1 amide bonds.